The summed E-state index contributed by atoms with van der Waals surface area (Å²) in [5.41, 5.74) is 3.36. The summed E-state index contributed by atoms with van der Waals surface area (Å²) in [7, 11) is 0. The van der Waals surface area contributed by atoms with E-state index in [1.54, 1.807) is 0 Å². The van der Waals surface area contributed by atoms with E-state index in [1.807, 2.05) is 26.0 Å². The average Bonchev–Trinajstić information content (AvgIpc) is 2.59. The number of nitrogens with zero attached hydrogens (tertiary/aromatic N) is 1. The fraction of sp³-hybridized carbons (Fsp3) is 0.263. The van der Waals surface area contributed by atoms with Crippen LogP contribution in [0.1, 0.15) is 29.2 Å². The fourth-order valence-corrected chi connectivity index (χ4v) is 2.93. The first-order valence-corrected chi connectivity index (χ1v) is 8.42. The van der Waals surface area contributed by atoms with E-state index in [1.165, 1.54) is 13.1 Å². The highest BCUT2D eigenvalue weighted by molar-refractivity contribution is 5.79. The van der Waals surface area contributed by atoms with Gasteiger partial charge in [-0.15, -0.1) is 0 Å². The van der Waals surface area contributed by atoms with Crippen molar-refractivity contribution in [1.82, 2.24) is 15.0 Å². The molecular weight excluding hydrogens is 348 g/mol. The Bertz CT molecular complexity index is 1130. The van der Waals surface area contributed by atoms with E-state index < -0.39 is 17.2 Å². The Hall–Kier alpha value is -3.42. The zero-order valence-corrected chi connectivity index (χ0v) is 15.3. The lowest BCUT2D eigenvalue weighted by molar-refractivity contribution is -0.142. The van der Waals surface area contributed by atoms with Crippen LogP contribution in [0.3, 0.4) is 0 Å². The van der Waals surface area contributed by atoms with Crippen LogP contribution in [0.5, 0.6) is 0 Å². The average molecular weight is 368 g/mol. The molecule has 0 unspecified atom stereocenters. The Morgan fingerprint density at radius 3 is 2.70 bits per heavy atom. The molecule has 8 heteroatoms. The molecule has 1 aromatic carbocycles. The lowest BCUT2D eigenvalue weighted by Crippen LogP contribution is -2.24. The summed E-state index contributed by atoms with van der Waals surface area (Å²) in [5, 5.41) is 3.57. The molecule has 0 aliphatic heterocycles. The number of anilines is 1. The number of rotatable bonds is 5. The van der Waals surface area contributed by atoms with E-state index >= 15 is 0 Å². The van der Waals surface area contributed by atoms with Gasteiger partial charge in [-0.3, -0.25) is 19.6 Å². The van der Waals surface area contributed by atoms with Crippen LogP contribution in [-0.4, -0.2) is 20.9 Å². The van der Waals surface area contributed by atoms with Gasteiger partial charge >= 0.3 is 11.7 Å². The van der Waals surface area contributed by atoms with Gasteiger partial charge in [-0.05, 0) is 31.0 Å². The van der Waals surface area contributed by atoms with Gasteiger partial charge in [0.05, 0.1) is 5.39 Å². The second-order valence-electron chi connectivity index (χ2n) is 6.35. The van der Waals surface area contributed by atoms with Gasteiger partial charge in [0.1, 0.15) is 12.3 Å². The molecule has 0 atom stereocenters. The number of ether oxygens (including phenoxy) is 1. The van der Waals surface area contributed by atoms with Gasteiger partial charge < -0.3 is 10.1 Å². The van der Waals surface area contributed by atoms with Crippen molar-refractivity contribution in [3.05, 3.63) is 67.5 Å². The number of carbonyl (C=O) groups excluding carboxylic acids is 1. The highest BCUT2D eigenvalue weighted by atomic mass is 16.5. The normalized spacial score (nSPS) is 10.8. The number of fused-ring (bicyclic) bond motifs is 1. The fourth-order valence-electron chi connectivity index (χ4n) is 2.93. The second-order valence-corrected chi connectivity index (χ2v) is 6.35. The van der Waals surface area contributed by atoms with Crippen molar-refractivity contribution in [3.8, 4) is 0 Å². The van der Waals surface area contributed by atoms with Crippen LogP contribution < -0.4 is 16.6 Å². The largest absolute Gasteiger partial charge is 0.461 e. The number of esters is 1. The quantitative estimate of drug-likeness (QED) is 0.592. The Morgan fingerprint density at radius 2 is 2.00 bits per heavy atom. The van der Waals surface area contributed by atoms with E-state index in [0.29, 0.717) is 17.7 Å². The van der Waals surface area contributed by atoms with Crippen LogP contribution in [0.2, 0.25) is 0 Å². The molecule has 2 aromatic heterocycles. The molecule has 140 valence electrons. The highest BCUT2D eigenvalue weighted by Gasteiger charge is 2.14. The lowest BCUT2D eigenvalue weighted by atomic mass is 10.1. The van der Waals surface area contributed by atoms with Gasteiger partial charge in [-0.2, -0.15) is 0 Å². The molecule has 2 heterocycles. The molecule has 27 heavy (non-hydrogen) atoms. The number of hydrogen-bond donors (Lipinski definition) is 3. The van der Waals surface area contributed by atoms with Crippen molar-refractivity contribution in [2.45, 2.75) is 33.9 Å². The van der Waals surface area contributed by atoms with Gasteiger partial charge in [-0.1, -0.05) is 17.7 Å². The van der Waals surface area contributed by atoms with E-state index in [4.69, 9.17) is 4.74 Å². The minimum atomic E-state index is -0.624. The molecule has 0 radical (unpaired) electrons. The third kappa shape index (κ3) is 4.05. The summed E-state index contributed by atoms with van der Waals surface area (Å²) < 4.78 is 5.08. The van der Waals surface area contributed by atoms with Crippen molar-refractivity contribution >= 4 is 22.7 Å². The molecule has 3 N–H and O–H groups in total. The van der Waals surface area contributed by atoms with Crippen LogP contribution in [-0.2, 0) is 22.7 Å². The standard InChI is InChI=1S/C19H20N4O4/c1-10-4-5-15(11(2)6-10)20-8-14-13(9-27-12(3)24)7-21-17-16(14)18(25)23-19(26)22-17/h4-7,20H,8-9H2,1-3H3,(H2,21,22,23,25,26). The van der Waals surface area contributed by atoms with Crippen LogP contribution in [0.4, 0.5) is 5.69 Å². The first kappa shape index (κ1) is 18.4. The summed E-state index contributed by atoms with van der Waals surface area (Å²) in [6.45, 7) is 5.60. The Labute approximate surface area is 154 Å². The van der Waals surface area contributed by atoms with E-state index in [-0.39, 0.29) is 17.6 Å². The number of H-pyrrole nitrogens is 2. The van der Waals surface area contributed by atoms with Crippen LogP contribution >= 0.6 is 0 Å². The number of nitrogens with one attached hydrogen (secondary N) is 3. The molecule has 0 spiro atoms. The summed E-state index contributed by atoms with van der Waals surface area (Å²) >= 11 is 0. The molecule has 0 fully saturated rings. The monoisotopic (exact) mass is 368 g/mol. The van der Waals surface area contributed by atoms with Crippen molar-refractivity contribution in [3.63, 3.8) is 0 Å². The van der Waals surface area contributed by atoms with Crippen LogP contribution in [0, 0.1) is 13.8 Å². The maximum absolute atomic E-state index is 12.4. The summed E-state index contributed by atoms with van der Waals surface area (Å²) in [4.78, 5) is 44.0. The predicted molar refractivity (Wildman–Crippen MR) is 102 cm³/mol. The summed E-state index contributed by atoms with van der Waals surface area (Å²) in [6.07, 6.45) is 1.50. The molecule has 0 saturated heterocycles. The molecule has 0 bridgehead atoms. The second kappa shape index (κ2) is 7.45. The van der Waals surface area contributed by atoms with E-state index in [9.17, 15) is 14.4 Å². The van der Waals surface area contributed by atoms with E-state index in [0.717, 1.165) is 16.8 Å². The molecule has 3 aromatic rings. The van der Waals surface area contributed by atoms with Crippen molar-refractivity contribution in [2.24, 2.45) is 0 Å². The number of aromatic nitrogens is 3. The van der Waals surface area contributed by atoms with Crippen molar-refractivity contribution in [2.75, 3.05) is 5.32 Å². The van der Waals surface area contributed by atoms with E-state index in [2.05, 4.69) is 26.3 Å². The first-order valence-electron chi connectivity index (χ1n) is 8.42. The van der Waals surface area contributed by atoms with Gasteiger partial charge in [0.25, 0.3) is 5.56 Å². The molecular formula is C19H20N4O4. The predicted octanol–water partition coefficient (Wildman–Crippen LogP) is 1.90. The molecule has 0 aliphatic carbocycles. The van der Waals surface area contributed by atoms with Crippen molar-refractivity contribution < 1.29 is 9.53 Å². The maximum atomic E-state index is 12.4. The Morgan fingerprint density at radius 1 is 1.22 bits per heavy atom. The number of aryl methyl sites for hydroxylation is 2. The third-order valence-corrected chi connectivity index (χ3v) is 4.23. The molecule has 0 aliphatic rings. The zero-order chi connectivity index (χ0) is 19.6. The highest BCUT2D eigenvalue weighted by Crippen LogP contribution is 2.21. The zero-order valence-electron chi connectivity index (χ0n) is 15.3. The number of pyridine rings is 1. The van der Waals surface area contributed by atoms with Gasteiger partial charge in [0, 0.05) is 30.9 Å². The maximum Gasteiger partial charge on any atom is 0.327 e. The smallest absolute Gasteiger partial charge is 0.327 e. The van der Waals surface area contributed by atoms with Gasteiger partial charge in [0.15, 0.2) is 0 Å². The van der Waals surface area contributed by atoms with Gasteiger partial charge in [0.2, 0.25) is 0 Å². The lowest BCUT2D eigenvalue weighted by Gasteiger charge is -2.15. The van der Waals surface area contributed by atoms with Crippen LogP contribution in [0.15, 0.2) is 34.0 Å². The molecule has 3 rings (SSSR count). The SMILES string of the molecule is CC(=O)OCc1cnc2[nH]c(=O)[nH]c(=O)c2c1CNc1ccc(C)cc1C. The minimum absolute atomic E-state index is 0.0132. The Balaban J connectivity index is 2.06. The molecule has 0 amide bonds. The first-order chi connectivity index (χ1) is 12.8. The number of aromatic amines is 2. The molecule has 8 nitrogen and oxygen atoms in total. The van der Waals surface area contributed by atoms with Crippen molar-refractivity contribution in [1.29, 1.82) is 0 Å². The topological polar surface area (TPSA) is 117 Å². The van der Waals surface area contributed by atoms with Crippen LogP contribution in [0.25, 0.3) is 11.0 Å². The number of hydrogen-bond acceptors (Lipinski definition) is 6. The molecule has 0 saturated carbocycles. The Kier molecular flexibility index (Phi) is 5.07. The summed E-state index contributed by atoms with van der Waals surface area (Å²) in [5.74, 6) is -0.432. The third-order valence-electron chi connectivity index (χ3n) is 4.23. The van der Waals surface area contributed by atoms with Gasteiger partial charge in [-0.25, -0.2) is 9.78 Å². The number of carbonyl (C=O) groups is 1. The summed E-state index contributed by atoms with van der Waals surface area (Å²) in [6, 6.07) is 6.01. The number of benzene rings is 1. The minimum Gasteiger partial charge on any atom is -0.461 e.